The number of nitrogens with one attached hydrogen (secondary N) is 2. The molecule has 5 atom stereocenters. The van der Waals surface area contributed by atoms with Crippen LogP contribution in [-0.4, -0.2) is 43.0 Å². The van der Waals surface area contributed by atoms with Crippen molar-refractivity contribution in [3.8, 4) is 0 Å². The van der Waals surface area contributed by atoms with E-state index in [1.165, 1.54) is 6.33 Å². The smallest absolute Gasteiger partial charge is 0.382 e. The Kier molecular flexibility index (Phi) is 8.22. The first-order chi connectivity index (χ1) is 18.1. The average Bonchev–Trinajstić information content (AvgIpc) is 3.53. The number of hydrogen-bond acceptors (Lipinski definition) is 9. The minimum absolute atomic E-state index is 0.0715. The van der Waals surface area contributed by atoms with Crippen LogP contribution in [0.5, 0.6) is 0 Å². The lowest BCUT2D eigenvalue weighted by Gasteiger charge is -2.22. The van der Waals surface area contributed by atoms with Gasteiger partial charge in [0.15, 0.2) is 11.5 Å². The molecule has 0 aliphatic heterocycles. The number of hydrogen-bond donors (Lipinski definition) is 4. The quantitative estimate of drug-likeness (QED) is 0.155. The van der Waals surface area contributed by atoms with E-state index in [0.717, 1.165) is 0 Å². The maximum Gasteiger partial charge on any atom is 0.432 e. The molecule has 1 aliphatic carbocycles. The first kappa shape index (κ1) is 25.5. The van der Waals surface area contributed by atoms with Gasteiger partial charge in [-0.05, 0) is 24.3 Å². The van der Waals surface area contributed by atoms with Crippen molar-refractivity contribution in [2.24, 2.45) is 11.8 Å². The largest absolute Gasteiger partial charge is 0.432 e. The van der Waals surface area contributed by atoms with Crippen LogP contribution < -0.4 is 16.3 Å². The Labute approximate surface area is 216 Å². The van der Waals surface area contributed by atoms with Crippen LogP contribution in [0.3, 0.4) is 0 Å². The Balaban J connectivity index is 1.30. The van der Waals surface area contributed by atoms with Gasteiger partial charge in [-0.1, -0.05) is 56.3 Å². The van der Waals surface area contributed by atoms with Gasteiger partial charge < -0.3 is 15.2 Å². The second-order valence-corrected chi connectivity index (χ2v) is 10.8. The van der Waals surface area contributed by atoms with Gasteiger partial charge >= 0.3 is 7.75 Å². The summed E-state index contributed by atoms with van der Waals surface area (Å²) >= 11 is 0. The molecular formula is C24H32N7O5P. The molecule has 5 N–H and O–H groups in total. The highest BCUT2D eigenvalue weighted by molar-refractivity contribution is 7.51. The van der Waals surface area contributed by atoms with Crippen molar-refractivity contribution < 1.29 is 25.0 Å². The number of benzene rings is 1. The van der Waals surface area contributed by atoms with E-state index in [9.17, 15) is 14.3 Å². The van der Waals surface area contributed by atoms with E-state index >= 15 is 0 Å². The summed E-state index contributed by atoms with van der Waals surface area (Å²) in [6, 6.07) is 7.79. The van der Waals surface area contributed by atoms with Crippen LogP contribution in [0.15, 0.2) is 55.1 Å². The van der Waals surface area contributed by atoms with E-state index in [0.29, 0.717) is 35.4 Å². The molecule has 13 heteroatoms. The van der Waals surface area contributed by atoms with Crippen LogP contribution in [0.4, 0.5) is 5.82 Å². The Morgan fingerprint density at radius 2 is 2.08 bits per heavy atom. The minimum atomic E-state index is -4.46. The van der Waals surface area contributed by atoms with Gasteiger partial charge in [0.1, 0.15) is 17.9 Å². The monoisotopic (exact) mass is 530 g/mol. The van der Waals surface area contributed by atoms with Crippen molar-refractivity contribution in [3.63, 3.8) is 0 Å². The zero-order chi connectivity index (χ0) is 27.3. The third kappa shape index (κ3) is 7.21. The van der Waals surface area contributed by atoms with Crippen LogP contribution in [-0.2, 0) is 25.3 Å². The zero-order valence-corrected chi connectivity index (χ0v) is 21.5. The first-order valence-electron chi connectivity index (χ1n) is 12.5. The number of hydroxylamine groups is 1. The van der Waals surface area contributed by atoms with Gasteiger partial charge in [-0.3, -0.25) is 19.2 Å². The fraction of sp³-hybridized carbons (Fsp3) is 0.417. The predicted molar refractivity (Wildman–Crippen MR) is 138 cm³/mol. The third-order valence-corrected chi connectivity index (χ3v) is 6.84. The summed E-state index contributed by atoms with van der Waals surface area (Å²) in [5.74, 6) is -0.563. The Morgan fingerprint density at radius 3 is 2.84 bits per heavy atom. The molecule has 0 spiro atoms. The second kappa shape index (κ2) is 11.9. The number of nitrogens with two attached hydrogens (primary N) is 1. The second-order valence-electron chi connectivity index (χ2n) is 9.27. The lowest BCUT2D eigenvalue weighted by molar-refractivity contribution is -0.127. The number of aromatic nitrogens is 4. The molecule has 2 heterocycles. The van der Waals surface area contributed by atoms with Crippen LogP contribution in [0, 0.1) is 11.8 Å². The van der Waals surface area contributed by atoms with E-state index in [1.54, 1.807) is 30.6 Å². The van der Waals surface area contributed by atoms with E-state index in [2.05, 4.69) is 25.5 Å². The highest BCUT2D eigenvalue weighted by Crippen LogP contribution is 2.40. The Morgan fingerprint density at radius 1 is 1.30 bits per heavy atom. The number of allylic oxidation sites excluding steroid dienone is 1. The molecule has 0 fully saturated rings. The van der Waals surface area contributed by atoms with E-state index in [-0.39, 0.29) is 24.5 Å². The number of amides is 1. The molecule has 1 aromatic carbocycles. The van der Waals surface area contributed by atoms with Crippen molar-refractivity contribution in [1.82, 2.24) is 30.1 Å². The van der Waals surface area contributed by atoms with Crippen molar-refractivity contribution in [1.29, 1.82) is 0 Å². The van der Waals surface area contributed by atoms with Gasteiger partial charge in [-0.15, -0.1) is 0 Å². The summed E-state index contributed by atoms with van der Waals surface area (Å²) in [7, 11) is -4.46. The van der Waals surface area contributed by atoms with Crippen molar-refractivity contribution >= 4 is 30.6 Å². The van der Waals surface area contributed by atoms with Crippen molar-refractivity contribution in [2.75, 3.05) is 12.3 Å². The zero-order valence-electron chi connectivity index (χ0n) is 21.6. The number of nitrogen functional groups attached to an aromatic ring is 1. The maximum atomic E-state index is 12.8. The Hall–Kier alpha value is -3.15. The Bertz CT molecular complexity index is 1320. The molecule has 37 heavy (non-hydrogen) atoms. The third-order valence-electron chi connectivity index (χ3n) is 5.84. The number of nitrogens with zero attached hydrogens (tertiary/aromatic N) is 4. The van der Waals surface area contributed by atoms with E-state index < -0.39 is 26.3 Å². The number of imidazole rings is 1. The summed E-state index contributed by atoms with van der Waals surface area (Å²) in [6.07, 6.45) is 7.73. The minimum Gasteiger partial charge on any atom is -0.382 e. The van der Waals surface area contributed by atoms with Crippen LogP contribution in [0.25, 0.3) is 11.2 Å². The molecule has 2 aromatic heterocycles. The number of carbonyl (C=O) groups is 1. The normalized spacial score (nSPS) is 21.0. The summed E-state index contributed by atoms with van der Waals surface area (Å²) < 4.78 is 27.9. The molecule has 1 amide bonds. The molecular weight excluding hydrogens is 497 g/mol. The standard InChI is InChI=1S/C24H32N7O5P/c1-16(2)10-20(29-35-12-17-6-4-3-5-7-17)24(32)30-37(33,34)36-13-18-8-9-19(11-18)31-15-28-21-22(25)26-14-27-23(21)31/h3-9,14-16,18-20,29H,10-13H2,1-2H3,(H2,25,26,27)(H2,30,32,33,34)/t18?,19?,20-/m0/s1/i12D/t12?,18?,19?,20-. The van der Waals surface area contributed by atoms with Crippen LogP contribution in [0.2, 0.25) is 0 Å². The fourth-order valence-corrected chi connectivity index (χ4v) is 4.93. The van der Waals surface area contributed by atoms with E-state index in [4.69, 9.17) is 16.5 Å². The fourth-order valence-electron chi connectivity index (χ4n) is 4.04. The number of fused-ring (bicyclic) bond motifs is 1. The predicted octanol–water partition coefficient (Wildman–Crippen LogP) is 2.90. The van der Waals surface area contributed by atoms with E-state index in [1.807, 2.05) is 36.6 Å². The van der Waals surface area contributed by atoms with Crippen LogP contribution in [0.1, 0.15) is 39.7 Å². The first-order valence-corrected chi connectivity index (χ1v) is 13.5. The number of anilines is 1. The number of carbonyl (C=O) groups excluding carboxylic acids is 1. The summed E-state index contributed by atoms with van der Waals surface area (Å²) in [5.41, 5.74) is 10.2. The van der Waals surface area contributed by atoms with Crippen LogP contribution >= 0.6 is 7.75 Å². The van der Waals surface area contributed by atoms with Gasteiger partial charge in [0.05, 0.1) is 26.9 Å². The molecule has 4 unspecified atom stereocenters. The molecule has 3 aromatic rings. The number of rotatable bonds is 12. The molecule has 1 aliphatic rings. The summed E-state index contributed by atoms with van der Waals surface area (Å²) in [6.45, 7) is 2.65. The molecule has 4 rings (SSSR count). The maximum absolute atomic E-state index is 12.8. The summed E-state index contributed by atoms with van der Waals surface area (Å²) in [5, 5.41) is 2.09. The van der Waals surface area contributed by atoms with Gasteiger partial charge in [-0.25, -0.2) is 19.5 Å². The average molecular weight is 531 g/mol. The molecule has 0 bridgehead atoms. The SMILES string of the molecule is [2H]C(ON[C@@H](CC(C)C)C(=O)NP(=O)(O)OCC1C=CC(n2cnc3c(N)ncnc32)C1)c1ccccc1. The van der Waals surface area contributed by atoms with Crippen molar-refractivity contribution in [2.45, 2.75) is 45.4 Å². The molecule has 0 radical (unpaired) electrons. The summed E-state index contributed by atoms with van der Waals surface area (Å²) in [4.78, 5) is 41.0. The lowest BCUT2D eigenvalue weighted by Crippen LogP contribution is -2.44. The van der Waals surface area contributed by atoms with Crippen molar-refractivity contribution in [3.05, 3.63) is 60.7 Å². The molecule has 0 saturated carbocycles. The highest BCUT2D eigenvalue weighted by Gasteiger charge is 2.31. The highest BCUT2D eigenvalue weighted by atomic mass is 31.2. The van der Waals surface area contributed by atoms with Gasteiger partial charge in [0, 0.05) is 5.92 Å². The van der Waals surface area contributed by atoms with Gasteiger partial charge in [0.25, 0.3) is 0 Å². The molecule has 0 saturated heterocycles. The topological polar surface area (TPSA) is 167 Å². The van der Waals surface area contributed by atoms with Gasteiger partial charge in [0.2, 0.25) is 5.91 Å². The molecule has 12 nitrogen and oxygen atoms in total. The lowest BCUT2D eigenvalue weighted by atomic mass is 10.0. The molecule has 198 valence electrons. The van der Waals surface area contributed by atoms with Gasteiger partial charge in [-0.2, -0.15) is 5.48 Å².